The van der Waals surface area contributed by atoms with Crippen molar-refractivity contribution in [1.29, 1.82) is 0 Å². The van der Waals surface area contributed by atoms with E-state index in [0.29, 0.717) is 16.3 Å². The molecule has 0 saturated heterocycles. The molecule has 0 aliphatic rings. The Kier molecular flexibility index (Phi) is 3.88. The molecule has 0 fully saturated rings. The van der Waals surface area contributed by atoms with Gasteiger partial charge in [-0.05, 0) is 18.2 Å². The van der Waals surface area contributed by atoms with E-state index < -0.39 is 5.91 Å². The van der Waals surface area contributed by atoms with Gasteiger partial charge in [-0.2, -0.15) is 0 Å². The van der Waals surface area contributed by atoms with E-state index in [2.05, 4.69) is 5.32 Å². The van der Waals surface area contributed by atoms with Crippen LogP contribution in [0.5, 0.6) is 0 Å². The first-order valence-corrected chi connectivity index (χ1v) is 4.91. The van der Waals surface area contributed by atoms with Crippen LogP contribution in [0, 0.1) is 0 Å². The van der Waals surface area contributed by atoms with Gasteiger partial charge in [0.2, 0.25) is 5.91 Å². The number of halogens is 1. The van der Waals surface area contributed by atoms with E-state index in [1.807, 2.05) is 0 Å². The zero-order valence-corrected chi connectivity index (χ0v) is 9.36. The number of primary amides is 1. The molecule has 0 aliphatic carbocycles. The molecule has 0 heterocycles. The Morgan fingerprint density at radius 3 is 2.60 bits per heavy atom. The molecular formula is C9H10ClN3OS. The van der Waals surface area contributed by atoms with Gasteiger partial charge in [0.05, 0.1) is 17.3 Å². The van der Waals surface area contributed by atoms with Gasteiger partial charge in [0.1, 0.15) is 4.99 Å². The van der Waals surface area contributed by atoms with Gasteiger partial charge >= 0.3 is 0 Å². The van der Waals surface area contributed by atoms with Crippen LogP contribution in [-0.4, -0.2) is 17.4 Å². The molecule has 0 radical (unpaired) electrons. The first-order valence-electron chi connectivity index (χ1n) is 4.12. The molecule has 0 aliphatic heterocycles. The van der Waals surface area contributed by atoms with Gasteiger partial charge < -0.3 is 16.8 Å². The van der Waals surface area contributed by atoms with Gasteiger partial charge in [-0.1, -0.05) is 23.8 Å². The Morgan fingerprint density at radius 1 is 1.47 bits per heavy atom. The predicted molar refractivity (Wildman–Crippen MR) is 65.0 cm³/mol. The lowest BCUT2D eigenvalue weighted by atomic mass is 10.2. The maximum absolute atomic E-state index is 10.5. The Morgan fingerprint density at radius 2 is 2.13 bits per heavy atom. The van der Waals surface area contributed by atoms with Crippen molar-refractivity contribution >= 4 is 40.4 Å². The Labute approximate surface area is 97.6 Å². The smallest absolute Gasteiger partial charge is 0.236 e. The van der Waals surface area contributed by atoms with Crippen LogP contribution in [0.25, 0.3) is 0 Å². The summed E-state index contributed by atoms with van der Waals surface area (Å²) < 4.78 is 0. The van der Waals surface area contributed by atoms with Gasteiger partial charge in [-0.15, -0.1) is 0 Å². The molecule has 1 aromatic carbocycles. The largest absolute Gasteiger partial charge is 0.389 e. The number of thiocarbonyl (C=S) groups is 1. The number of carbonyl (C=O) groups is 1. The fourth-order valence-electron chi connectivity index (χ4n) is 0.994. The molecule has 80 valence electrons. The standard InChI is InChI=1S/C9H10ClN3OS/c10-6-3-5(9(12)15)1-2-7(6)13-4-8(11)14/h1-3,13H,4H2,(H2,11,14)(H2,12,15). The third-order valence-electron chi connectivity index (χ3n) is 1.71. The zero-order chi connectivity index (χ0) is 11.4. The van der Waals surface area contributed by atoms with Crippen molar-refractivity contribution in [2.75, 3.05) is 11.9 Å². The van der Waals surface area contributed by atoms with Gasteiger partial charge in [0.25, 0.3) is 0 Å². The predicted octanol–water partition coefficient (Wildman–Crippen LogP) is 0.871. The van der Waals surface area contributed by atoms with E-state index in [0.717, 1.165) is 0 Å². The van der Waals surface area contributed by atoms with Gasteiger partial charge in [0, 0.05) is 5.56 Å². The third-order valence-corrected chi connectivity index (χ3v) is 2.26. The monoisotopic (exact) mass is 243 g/mol. The van der Waals surface area contributed by atoms with Crippen molar-refractivity contribution in [3.8, 4) is 0 Å². The van der Waals surface area contributed by atoms with Crippen LogP contribution >= 0.6 is 23.8 Å². The number of rotatable bonds is 4. The molecule has 0 aromatic heterocycles. The van der Waals surface area contributed by atoms with Crippen LogP contribution in [0.15, 0.2) is 18.2 Å². The minimum absolute atomic E-state index is 0.0339. The van der Waals surface area contributed by atoms with Gasteiger partial charge in [-0.25, -0.2) is 0 Å². The fraction of sp³-hybridized carbons (Fsp3) is 0.111. The fourth-order valence-corrected chi connectivity index (χ4v) is 1.37. The van der Waals surface area contributed by atoms with Gasteiger partial charge in [0.15, 0.2) is 0 Å². The summed E-state index contributed by atoms with van der Waals surface area (Å²) in [5.41, 5.74) is 11.7. The second kappa shape index (κ2) is 4.95. The quantitative estimate of drug-likeness (QED) is 0.686. The second-order valence-electron chi connectivity index (χ2n) is 2.88. The van der Waals surface area contributed by atoms with Crippen molar-refractivity contribution in [2.24, 2.45) is 11.5 Å². The summed E-state index contributed by atoms with van der Waals surface area (Å²) in [6, 6.07) is 5.05. The van der Waals surface area contributed by atoms with Crippen LogP contribution in [0.2, 0.25) is 5.02 Å². The Bertz CT molecular complexity index is 408. The molecule has 0 saturated carbocycles. The maximum atomic E-state index is 10.5. The van der Waals surface area contributed by atoms with Crippen LogP contribution in [0.3, 0.4) is 0 Å². The average Bonchev–Trinajstić information content (AvgIpc) is 2.15. The third kappa shape index (κ3) is 3.38. The van der Waals surface area contributed by atoms with E-state index in [4.69, 9.17) is 35.3 Å². The molecule has 0 unspecified atom stereocenters. The van der Waals surface area contributed by atoms with Crippen LogP contribution in [0.1, 0.15) is 5.56 Å². The number of hydrogen-bond acceptors (Lipinski definition) is 3. The summed E-state index contributed by atoms with van der Waals surface area (Å²) in [5.74, 6) is -0.454. The average molecular weight is 244 g/mol. The van der Waals surface area contributed by atoms with E-state index in [1.54, 1.807) is 18.2 Å². The van der Waals surface area contributed by atoms with Crippen molar-refractivity contribution in [2.45, 2.75) is 0 Å². The highest BCUT2D eigenvalue weighted by Gasteiger charge is 2.03. The lowest BCUT2D eigenvalue weighted by Crippen LogP contribution is -2.22. The highest BCUT2D eigenvalue weighted by molar-refractivity contribution is 7.80. The molecule has 5 N–H and O–H groups in total. The van der Waals surface area contributed by atoms with E-state index in [9.17, 15) is 4.79 Å². The lowest BCUT2D eigenvalue weighted by molar-refractivity contribution is -0.116. The van der Waals surface area contributed by atoms with Crippen molar-refractivity contribution < 1.29 is 4.79 Å². The Hall–Kier alpha value is -1.33. The summed E-state index contributed by atoms with van der Waals surface area (Å²) in [6.45, 7) is 0.0339. The normalized spacial score (nSPS) is 9.67. The van der Waals surface area contributed by atoms with E-state index >= 15 is 0 Å². The minimum Gasteiger partial charge on any atom is -0.389 e. The highest BCUT2D eigenvalue weighted by Crippen LogP contribution is 2.22. The summed E-state index contributed by atoms with van der Waals surface area (Å²) in [4.78, 5) is 10.8. The maximum Gasteiger partial charge on any atom is 0.236 e. The van der Waals surface area contributed by atoms with Crippen LogP contribution < -0.4 is 16.8 Å². The molecule has 15 heavy (non-hydrogen) atoms. The summed E-state index contributed by atoms with van der Waals surface area (Å²) >= 11 is 10.7. The SMILES string of the molecule is NC(=O)CNc1ccc(C(N)=S)cc1Cl. The van der Waals surface area contributed by atoms with Crippen LogP contribution in [0.4, 0.5) is 5.69 Å². The number of benzene rings is 1. The number of nitrogens with one attached hydrogen (secondary N) is 1. The number of nitrogens with two attached hydrogens (primary N) is 2. The van der Waals surface area contributed by atoms with Crippen molar-refractivity contribution in [1.82, 2.24) is 0 Å². The number of hydrogen-bond donors (Lipinski definition) is 3. The Balaban J connectivity index is 2.83. The number of carbonyl (C=O) groups excluding carboxylic acids is 1. The molecule has 0 atom stereocenters. The minimum atomic E-state index is -0.454. The molecule has 1 amide bonds. The first kappa shape index (κ1) is 11.7. The molecule has 1 rings (SSSR count). The van der Waals surface area contributed by atoms with Crippen molar-refractivity contribution in [3.63, 3.8) is 0 Å². The molecule has 0 spiro atoms. The van der Waals surface area contributed by atoms with E-state index in [-0.39, 0.29) is 11.5 Å². The lowest BCUT2D eigenvalue weighted by Gasteiger charge is -2.07. The summed E-state index contributed by atoms with van der Waals surface area (Å²) in [6.07, 6.45) is 0. The summed E-state index contributed by atoms with van der Waals surface area (Å²) in [7, 11) is 0. The number of anilines is 1. The summed E-state index contributed by atoms with van der Waals surface area (Å²) in [5, 5.41) is 3.23. The number of amides is 1. The first-order chi connectivity index (χ1) is 7.00. The van der Waals surface area contributed by atoms with Crippen molar-refractivity contribution in [3.05, 3.63) is 28.8 Å². The zero-order valence-electron chi connectivity index (χ0n) is 7.79. The molecule has 0 bridgehead atoms. The highest BCUT2D eigenvalue weighted by atomic mass is 35.5. The molecule has 1 aromatic rings. The topological polar surface area (TPSA) is 81.1 Å². The molecular weight excluding hydrogens is 234 g/mol. The second-order valence-corrected chi connectivity index (χ2v) is 3.73. The van der Waals surface area contributed by atoms with Crippen LogP contribution in [-0.2, 0) is 4.79 Å². The van der Waals surface area contributed by atoms with E-state index in [1.165, 1.54) is 0 Å². The van der Waals surface area contributed by atoms with Gasteiger partial charge in [-0.3, -0.25) is 4.79 Å². The molecule has 6 heteroatoms. The molecule has 4 nitrogen and oxygen atoms in total.